The summed E-state index contributed by atoms with van der Waals surface area (Å²) in [4.78, 5) is 4.55. The molecule has 0 heterocycles. The van der Waals surface area contributed by atoms with Gasteiger partial charge in [-0.1, -0.05) is 18.6 Å². The second kappa shape index (κ2) is 12.8. The monoisotopic (exact) mass is 308 g/mol. The van der Waals surface area contributed by atoms with E-state index in [1.54, 1.807) is 0 Å². The molecule has 110 valence electrons. The molecule has 18 heavy (non-hydrogen) atoms. The van der Waals surface area contributed by atoms with Gasteiger partial charge in [0, 0.05) is 33.4 Å². The normalized spacial score (nSPS) is 12.0. The van der Waals surface area contributed by atoms with E-state index in [2.05, 4.69) is 68.1 Å². The zero-order valence-corrected chi connectivity index (χ0v) is 15.7. The Hall–Kier alpha value is 0.837. The number of thioether (sulfide) groups is 2. The molecule has 2 nitrogen and oxygen atoms in total. The van der Waals surface area contributed by atoms with E-state index in [0.717, 1.165) is 0 Å². The lowest BCUT2D eigenvalue weighted by molar-refractivity contribution is 0.437. The Morgan fingerprint density at radius 3 is 1.44 bits per heavy atom. The minimum absolute atomic E-state index is 0.406. The van der Waals surface area contributed by atoms with Gasteiger partial charge < -0.3 is 9.80 Å². The fraction of sp³-hybridized carbons (Fsp3) is 1.00. The zero-order chi connectivity index (χ0) is 13.8. The maximum absolute atomic E-state index is 2.54. The molecule has 0 amide bonds. The minimum atomic E-state index is -0.406. The molecule has 0 unspecified atom stereocenters. The van der Waals surface area contributed by atoms with Gasteiger partial charge in [0.05, 0.1) is 0 Å². The molecular weight excluding hydrogens is 276 g/mol. The van der Waals surface area contributed by atoms with Gasteiger partial charge in [-0.25, -0.2) is 0 Å². The molecule has 0 aliphatic rings. The third-order valence-electron chi connectivity index (χ3n) is 2.88. The summed E-state index contributed by atoms with van der Waals surface area (Å²) in [5.41, 5.74) is 0. The van der Waals surface area contributed by atoms with Crippen LogP contribution in [0.4, 0.5) is 0 Å². The molecule has 0 aromatic carbocycles. The van der Waals surface area contributed by atoms with E-state index < -0.39 is 8.80 Å². The molecule has 0 fully saturated rings. The maximum atomic E-state index is 2.54. The second-order valence-corrected chi connectivity index (χ2v) is 11.3. The summed E-state index contributed by atoms with van der Waals surface area (Å²) < 4.78 is 0. The lowest BCUT2D eigenvalue weighted by Gasteiger charge is -2.12. The summed E-state index contributed by atoms with van der Waals surface area (Å²) in [6, 6.07) is 3.04. The van der Waals surface area contributed by atoms with Crippen molar-refractivity contribution in [1.29, 1.82) is 0 Å². The van der Waals surface area contributed by atoms with Crippen LogP contribution in [0.1, 0.15) is 0 Å². The lowest BCUT2D eigenvalue weighted by atomic mass is 10.7. The van der Waals surface area contributed by atoms with Gasteiger partial charge in [0.1, 0.15) is 0 Å². The first-order chi connectivity index (χ1) is 8.52. The third kappa shape index (κ3) is 14.9. The van der Waals surface area contributed by atoms with Crippen LogP contribution in [0.2, 0.25) is 18.6 Å². The first kappa shape index (κ1) is 18.8. The Labute approximate surface area is 125 Å². The van der Waals surface area contributed by atoms with Gasteiger partial charge >= 0.3 is 0 Å². The average molecular weight is 309 g/mol. The summed E-state index contributed by atoms with van der Waals surface area (Å²) in [5, 5.41) is 0. The third-order valence-corrected chi connectivity index (χ3v) is 8.25. The Morgan fingerprint density at radius 1 is 0.722 bits per heavy atom. The van der Waals surface area contributed by atoms with E-state index in [4.69, 9.17) is 0 Å². The SMILES string of the molecule is CN(C)CCSCC[SiH](C)CCSCCN(C)C. The van der Waals surface area contributed by atoms with Crippen LogP contribution in [-0.2, 0) is 0 Å². The molecule has 0 spiro atoms. The van der Waals surface area contributed by atoms with Crippen LogP contribution in [0, 0.1) is 0 Å². The summed E-state index contributed by atoms with van der Waals surface area (Å²) in [6.07, 6.45) is 0. The average Bonchev–Trinajstić information content (AvgIpc) is 2.27. The molecule has 0 N–H and O–H groups in total. The van der Waals surface area contributed by atoms with Gasteiger partial charge in [0.25, 0.3) is 0 Å². The van der Waals surface area contributed by atoms with Crippen molar-refractivity contribution in [3.63, 3.8) is 0 Å². The summed E-state index contributed by atoms with van der Waals surface area (Å²) in [6.45, 7) is 4.99. The van der Waals surface area contributed by atoms with Crippen LogP contribution < -0.4 is 0 Å². The first-order valence-corrected chi connectivity index (χ1v) is 12.1. The second-order valence-electron chi connectivity index (χ2n) is 5.51. The summed E-state index contributed by atoms with van der Waals surface area (Å²) >= 11 is 4.27. The van der Waals surface area contributed by atoms with Gasteiger partial charge in [-0.15, -0.1) is 0 Å². The maximum Gasteiger partial charge on any atom is 0.0352 e. The van der Waals surface area contributed by atoms with Gasteiger partial charge in [0.15, 0.2) is 0 Å². The molecule has 0 aliphatic heterocycles. The molecule has 5 heteroatoms. The standard InChI is InChI=1S/C13H32N2S2Si/c1-14(2)6-8-16-10-12-18(5)13-11-17-9-7-15(3)4/h18H,6-13H2,1-5H3. The van der Waals surface area contributed by atoms with Crippen LogP contribution >= 0.6 is 23.5 Å². The number of nitrogens with zero attached hydrogens (tertiary/aromatic N) is 2. The van der Waals surface area contributed by atoms with Gasteiger partial charge in [-0.3, -0.25) is 0 Å². The molecule has 0 aliphatic carbocycles. The molecular formula is C13H32N2S2Si. The smallest absolute Gasteiger partial charge is 0.0352 e. The van der Waals surface area contributed by atoms with E-state index in [9.17, 15) is 0 Å². The number of hydrogen-bond acceptors (Lipinski definition) is 4. The van der Waals surface area contributed by atoms with Crippen molar-refractivity contribution in [1.82, 2.24) is 9.80 Å². The van der Waals surface area contributed by atoms with E-state index in [0.29, 0.717) is 0 Å². The molecule has 0 saturated carbocycles. The van der Waals surface area contributed by atoms with Gasteiger partial charge in [-0.05, 0) is 39.7 Å². The highest BCUT2D eigenvalue weighted by molar-refractivity contribution is 7.99. The molecule has 0 saturated heterocycles. The van der Waals surface area contributed by atoms with Gasteiger partial charge in [0.2, 0.25) is 0 Å². The van der Waals surface area contributed by atoms with Crippen molar-refractivity contribution < 1.29 is 0 Å². The van der Waals surface area contributed by atoms with Crippen molar-refractivity contribution in [2.75, 3.05) is 64.3 Å². The number of hydrogen-bond donors (Lipinski definition) is 0. The molecule has 0 radical (unpaired) electrons. The van der Waals surface area contributed by atoms with Crippen LogP contribution in [-0.4, -0.2) is 82.9 Å². The molecule has 0 aromatic rings. The quantitative estimate of drug-likeness (QED) is 0.403. The summed E-state index contributed by atoms with van der Waals surface area (Å²) in [5.74, 6) is 5.38. The van der Waals surface area contributed by atoms with E-state index in [1.807, 2.05) is 0 Å². The predicted octanol–water partition coefficient (Wildman–Crippen LogP) is 2.43. The van der Waals surface area contributed by atoms with Crippen molar-refractivity contribution in [3.8, 4) is 0 Å². The lowest BCUT2D eigenvalue weighted by Crippen LogP contribution is -2.16. The highest BCUT2D eigenvalue weighted by Gasteiger charge is 2.04. The van der Waals surface area contributed by atoms with Crippen molar-refractivity contribution >= 4 is 32.3 Å². The van der Waals surface area contributed by atoms with E-state index in [1.165, 1.54) is 48.2 Å². The molecule has 0 bridgehead atoms. The Kier molecular flexibility index (Phi) is 13.4. The Bertz CT molecular complexity index is 162. The number of rotatable bonds is 12. The first-order valence-electron chi connectivity index (χ1n) is 6.97. The van der Waals surface area contributed by atoms with Crippen molar-refractivity contribution in [2.24, 2.45) is 0 Å². The molecule has 0 aromatic heterocycles. The zero-order valence-electron chi connectivity index (χ0n) is 12.9. The summed E-state index contributed by atoms with van der Waals surface area (Å²) in [7, 11) is 8.22. The van der Waals surface area contributed by atoms with Crippen LogP contribution in [0.3, 0.4) is 0 Å². The Morgan fingerprint density at radius 2 is 1.11 bits per heavy atom. The highest BCUT2D eigenvalue weighted by Crippen LogP contribution is 2.11. The molecule has 0 rings (SSSR count). The topological polar surface area (TPSA) is 6.48 Å². The fourth-order valence-corrected chi connectivity index (χ4v) is 7.65. The van der Waals surface area contributed by atoms with E-state index in [-0.39, 0.29) is 0 Å². The Balaban J connectivity index is 3.19. The fourth-order valence-electron chi connectivity index (χ4n) is 1.41. The van der Waals surface area contributed by atoms with Crippen molar-refractivity contribution in [3.05, 3.63) is 0 Å². The highest BCUT2D eigenvalue weighted by atomic mass is 32.2. The molecule has 0 atom stereocenters. The van der Waals surface area contributed by atoms with Crippen molar-refractivity contribution in [2.45, 2.75) is 18.6 Å². The van der Waals surface area contributed by atoms with Crippen LogP contribution in [0.15, 0.2) is 0 Å². The minimum Gasteiger partial charge on any atom is -0.309 e. The van der Waals surface area contributed by atoms with Gasteiger partial charge in [-0.2, -0.15) is 23.5 Å². The predicted molar refractivity (Wildman–Crippen MR) is 94.4 cm³/mol. The van der Waals surface area contributed by atoms with Crippen LogP contribution in [0.5, 0.6) is 0 Å². The van der Waals surface area contributed by atoms with Crippen LogP contribution in [0.25, 0.3) is 0 Å². The van der Waals surface area contributed by atoms with E-state index >= 15 is 0 Å². The largest absolute Gasteiger partial charge is 0.309 e.